The van der Waals surface area contributed by atoms with Gasteiger partial charge < -0.3 is 4.74 Å². The maximum atomic E-state index is 13.6. The Morgan fingerprint density at radius 3 is 2.71 bits per heavy atom. The number of nitrogens with one attached hydrogen (secondary N) is 1. The number of rotatable bonds is 7. The van der Waals surface area contributed by atoms with Gasteiger partial charge in [-0.25, -0.2) is 18.2 Å². The fourth-order valence-electron chi connectivity index (χ4n) is 2.28. The molecule has 0 radical (unpaired) electrons. The normalized spacial score (nSPS) is 11.8. The van der Waals surface area contributed by atoms with Crippen molar-refractivity contribution >= 4 is 33.7 Å². The first-order valence-corrected chi connectivity index (χ1v) is 9.85. The number of sulfonamides is 1. The second-order valence-electron chi connectivity index (χ2n) is 5.84. The number of ether oxygens (including phenoxy) is 1. The highest BCUT2D eigenvalue weighted by atomic mass is 35.5. The number of hydrogen-bond donors (Lipinski definition) is 1. The summed E-state index contributed by atoms with van der Waals surface area (Å²) in [7, 11) is -1.36. The van der Waals surface area contributed by atoms with Crippen molar-refractivity contribution in [1.29, 1.82) is 0 Å². The van der Waals surface area contributed by atoms with Crippen LogP contribution in [0.4, 0.5) is 4.39 Å². The average molecular weight is 428 g/mol. The first kappa shape index (κ1) is 21.8. The molecule has 0 aromatic heterocycles. The number of benzene rings is 2. The molecule has 2 aromatic carbocycles. The number of aryl methyl sites for hydroxylation is 1. The molecule has 1 N–H and O–H groups in total. The van der Waals surface area contributed by atoms with Crippen molar-refractivity contribution in [1.82, 2.24) is 9.73 Å². The third-order valence-electron chi connectivity index (χ3n) is 3.76. The van der Waals surface area contributed by atoms with Gasteiger partial charge in [0.15, 0.2) is 0 Å². The Kier molecular flexibility index (Phi) is 7.11. The van der Waals surface area contributed by atoms with Gasteiger partial charge in [0, 0.05) is 12.6 Å². The van der Waals surface area contributed by atoms with E-state index in [0.29, 0.717) is 0 Å². The van der Waals surface area contributed by atoms with E-state index >= 15 is 0 Å². The van der Waals surface area contributed by atoms with E-state index in [9.17, 15) is 17.6 Å². The second-order valence-corrected chi connectivity index (χ2v) is 8.26. The van der Waals surface area contributed by atoms with Crippen LogP contribution in [0.3, 0.4) is 0 Å². The summed E-state index contributed by atoms with van der Waals surface area (Å²) in [6.07, 6.45) is 1.05. The first-order chi connectivity index (χ1) is 13.2. The number of carbonyl (C=O) groups excluding carboxylic acids is 1. The molecule has 1 amide bonds. The van der Waals surface area contributed by atoms with Crippen LogP contribution in [0.15, 0.2) is 46.4 Å². The number of halogens is 2. The summed E-state index contributed by atoms with van der Waals surface area (Å²) in [5.74, 6) is -1.14. The Morgan fingerprint density at radius 1 is 1.36 bits per heavy atom. The topological polar surface area (TPSA) is 88.1 Å². The van der Waals surface area contributed by atoms with E-state index in [0.717, 1.165) is 16.1 Å². The molecule has 0 unspecified atom stereocenters. The number of amides is 1. The predicted molar refractivity (Wildman–Crippen MR) is 105 cm³/mol. The minimum Gasteiger partial charge on any atom is -0.495 e. The zero-order chi connectivity index (χ0) is 20.9. The molecule has 0 bridgehead atoms. The van der Waals surface area contributed by atoms with Gasteiger partial charge in [-0.1, -0.05) is 23.7 Å². The van der Waals surface area contributed by atoms with Crippen molar-refractivity contribution in [3.8, 4) is 5.75 Å². The van der Waals surface area contributed by atoms with E-state index < -0.39 is 28.3 Å². The fourth-order valence-corrected chi connectivity index (χ4v) is 3.85. The van der Waals surface area contributed by atoms with E-state index in [1.54, 1.807) is 19.1 Å². The van der Waals surface area contributed by atoms with Crippen LogP contribution in [0.5, 0.6) is 5.75 Å². The maximum absolute atomic E-state index is 13.6. The summed E-state index contributed by atoms with van der Waals surface area (Å²) in [4.78, 5) is 12.0. The zero-order valence-corrected chi connectivity index (χ0v) is 17.0. The molecule has 0 saturated carbocycles. The van der Waals surface area contributed by atoms with Gasteiger partial charge in [-0.15, -0.1) is 0 Å². The van der Waals surface area contributed by atoms with Crippen LogP contribution in [0.25, 0.3) is 0 Å². The molecule has 0 spiro atoms. The largest absolute Gasteiger partial charge is 0.495 e. The van der Waals surface area contributed by atoms with Crippen LogP contribution in [0.1, 0.15) is 11.1 Å². The minimum atomic E-state index is -3.98. The highest BCUT2D eigenvalue weighted by molar-refractivity contribution is 7.89. The third kappa shape index (κ3) is 5.06. The molecule has 2 aromatic rings. The number of hydrogen-bond acceptors (Lipinski definition) is 5. The lowest BCUT2D eigenvalue weighted by Crippen LogP contribution is -2.36. The Hall–Kier alpha value is -2.49. The van der Waals surface area contributed by atoms with Gasteiger partial charge in [-0.2, -0.15) is 9.41 Å². The molecule has 150 valence electrons. The van der Waals surface area contributed by atoms with Crippen molar-refractivity contribution in [2.45, 2.75) is 11.8 Å². The van der Waals surface area contributed by atoms with Crippen LogP contribution in [-0.4, -0.2) is 45.5 Å². The van der Waals surface area contributed by atoms with Crippen molar-refractivity contribution in [2.24, 2.45) is 5.10 Å². The van der Waals surface area contributed by atoms with Crippen LogP contribution < -0.4 is 10.2 Å². The fraction of sp³-hybridized carbons (Fsp3) is 0.222. The Bertz CT molecular complexity index is 992. The number of likely N-dealkylation sites (N-methyl/N-ethyl adjacent to an activating group) is 1. The number of hydrazone groups is 1. The molecular formula is C18H19ClFN3O4S. The summed E-state index contributed by atoms with van der Waals surface area (Å²) in [6.45, 7) is 1.25. The van der Waals surface area contributed by atoms with Crippen LogP contribution >= 0.6 is 11.6 Å². The quantitative estimate of drug-likeness (QED) is 0.543. The molecular weight excluding hydrogens is 409 g/mol. The molecule has 10 heteroatoms. The second kappa shape index (κ2) is 9.13. The lowest BCUT2D eigenvalue weighted by molar-refractivity contribution is -0.121. The SMILES string of the molecule is COc1ccc(C)cc1S(=O)(=O)N(C)CC(=O)N/N=C/c1c(F)cccc1Cl. The van der Waals surface area contributed by atoms with Crippen molar-refractivity contribution in [3.63, 3.8) is 0 Å². The van der Waals surface area contributed by atoms with Crippen LogP contribution in [0.2, 0.25) is 5.02 Å². The Balaban J connectivity index is 2.09. The van der Waals surface area contributed by atoms with Crippen LogP contribution in [-0.2, 0) is 14.8 Å². The Labute approximate surface area is 167 Å². The van der Waals surface area contributed by atoms with Crippen molar-refractivity contribution in [3.05, 3.63) is 58.4 Å². The predicted octanol–water partition coefficient (Wildman–Crippen LogP) is 2.57. The van der Waals surface area contributed by atoms with Gasteiger partial charge in [0.2, 0.25) is 10.0 Å². The lowest BCUT2D eigenvalue weighted by Gasteiger charge is -2.18. The van der Waals surface area contributed by atoms with E-state index in [-0.39, 0.29) is 21.2 Å². The monoisotopic (exact) mass is 427 g/mol. The molecule has 0 aliphatic rings. The van der Waals surface area contributed by atoms with Gasteiger partial charge >= 0.3 is 0 Å². The molecule has 0 aliphatic carbocycles. The molecule has 0 heterocycles. The molecule has 0 saturated heterocycles. The summed E-state index contributed by atoms with van der Waals surface area (Å²) < 4.78 is 45.1. The molecule has 7 nitrogen and oxygen atoms in total. The van der Waals surface area contributed by atoms with Gasteiger partial charge in [0.1, 0.15) is 16.5 Å². The summed E-state index contributed by atoms with van der Waals surface area (Å²) in [6, 6.07) is 8.83. The summed E-state index contributed by atoms with van der Waals surface area (Å²) >= 11 is 5.85. The van der Waals surface area contributed by atoms with Gasteiger partial charge in [-0.05, 0) is 36.8 Å². The van der Waals surface area contributed by atoms with Crippen LogP contribution in [0, 0.1) is 12.7 Å². The number of carbonyl (C=O) groups is 1. The molecule has 28 heavy (non-hydrogen) atoms. The summed E-state index contributed by atoms with van der Waals surface area (Å²) in [5.41, 5.74) is 2.88. The third-order valence-corrected chi connectivity index (χ3v) is 5.91. The highest BCUT2D eigenvalue weighted by Crippen LogP contribution is 2.27. The van der Waals surface area contributed by atoms with E-state index in [1.165, 1.54) is 38.4 Å². The van der Waals surface area contributed by atoms with Crippen molar-refractivity contribution in [2.75, 3.05) is 20.7 Å². The van der Waals surface area contributed by atoms with Gasteiger partial charge in [0.25, 0.3) is 5.91 Å². The minimum absolute atomic E-state index is 0.00920. The smallest absolute Gasteiger partial charge is 0.255 e. The molecule has 0 aliphatic heterocycles. The molecule has 0 fully saturated rings. The number of nitrogens with zero attached hydrogens (tertiary/aromatic N) is 2. The molecule has 2 rings (SSSR count). The average Bonchev–Trinajstić information content (AvgIpc) is 2.64. The van der Waals surface area contributed by atoms with E-state index in [1.807, 2.05) is 0 Å². The Morgan fingerprint density at radius 2 is 2.07 bits per heavy atom. The zero-order valence-electron chi connectivity index (χ0n) is 15.4. The standard InChI is InChI=1S/C18H19ClFN3O4S/c1-12-7-8-16(27-3)17(9-12)28(25,26)23(2)11-18(24)22-21-10-13-14(19)5-4-6-15(13)20/h4-10H,11H2,1-3H3,(H,22,24)/b21-10+. The maximum Gasteiger partial charge on any atom is 0.255 e. The first-order valence-electron chi connectivity index (χ1n) is 8.03. The summed E-state index contributed by atoms with van der Waals surface area (Å²) in [5, 5.41) is 3.75. The number of methoxy groups -OCH3 is 1. The van der Waals surface area contributed by atoms with Crippen molar-refractivity contribution < 1.29 is 22.3 Å². The van der Waals surface area contributed by atoms with E-state index in [2.05, 4.69) is 10.5 Å². The van der Waals surface area contributed by atoms with Gasteiger partial charge in [-0.3, -0.25) is 4.79 Å². The molecule has 0 atom stereocenters. The van der Waals surface area contributed by atoms with E-state index in [4.69, 9.17) is 16.3 Å². The lowest BCUT2D eigenvalue weighted by atomic mass is 10.2. The highest BCUT2D eigenvalue weighted by Gasteiger charge is 2.26. The van der Waals surface area contributed by atoms with Gasteiger partial charge in [0.05, 0.1) is 24.9 Å².